The first-order chi connectivity index (χ1) is 9.06. The number of hydrogen-bond donors (Lipinski definition) is 0. The van der Waals surface area contributed by atoms with Crippen molar-refractivity contribution >= 4 is 23.2 Å². The average molecular weight is 297 g/mol. The van der Waals surface area contributed by atoms with E-state index in [0.29, 0.717) is 27.4 Å². The van der Waals surface area contributed by atoms with Crippen molar-refractivity contribution in [3.63, 3.8) is 0 Å². The quantitative estimate of drug-likeness (QED) is 0.746. The lowest BCUT2D eigenvalue weighted by Crippen LogP contribution is -2.00. The maximum atomic E-state index is 13.4. The lowest BCUT2D eigenvalue weighted by atomic mass is 10.1. The standard InChI is InChI=1S/C14H11Cl2FN2/c1-7-12(10-6-9(17)4-5-11(10)15)18-14(8-2-3-8)19-13(7)16/h4-6,8H,2-3H2,1H3. The van der Waals surface area contributed by atoms with Gasteiger partial charge in [0.25, 0.3) is 0 Å². The van der Waals surface area contributed by atoms with Crippen molar-refractivity contribution < 1.29 is 4.39 Å². The lowest BCUT2D eigenvalue weighted by Gasteiger charge is -2.10. The van der Waals surface area contributed by atoms with E-state index in [4.69, 9.17) is 23.2 Å². The molecule has 0 radical (unpaired) electrons. The van der Waals surface area contributed by atoms with Gasteiger partial charge in [-0.15, -0.1) is 0 Å². The van der Waals surface area contributed by atoms with Crippen LogP contribution in [0.25, 0.3) is 11.3 Å². The second-order valence-corrected chi connectivity index (χ2v) is 5.51. The van der Waals surface area contributed by atoms with Gasteiger partial charge < -0.3 is 0 Å². The Labute approximate surface area is 120 Å². The molecule has 0 aliphatic heterocycles. The highest BCUT2D eigenvalue weighted by atomic mass is 35.5. The zero-order valence-corrected chi connectivity index (χ0v) is 11.8. The van der Waals surface area contributed by atoms with Gasteiger partial charge in [-0.2, -0.15) is 0 Å². The minimum Gasteiger partial charge on any atom is -0.232 e. The Morgan fingerprint density at radius 3 is 2.63 bits per heavy atom. The molecule has 0 N–H and O–H groups in total. The van der Waals surface area contributed by atoms with Crippen LogP contribution in [0.5, 0.6) is 0 Å². The first-order valence-electron chi connectivity index (χ1n) is 6.05. The maximum Gasteiger partial charge on any atom is 0.136 e. The molecule has 1 aliphatic rings. The Balaban J connectivity index is 2.20. The summed E-state index contributed by atoms with van der Waals surface area (Å²) < 4.78 is 13.4. The molecule has 1 saturated carbocycles. The van der Waals surface area contributed by atoms with Crippen LogP contribution in [0.15, 0.2) is 18.2 Å². The number of halogens is 3. The largest absolute Gasteiger partial charge is 0.232 e. The molecule has 1 aromatic carbocycles. The minimum absolute atomic E-state index is 0.346. The third-order valence-corrected chi connectivity index (χ3v) is 3.93. The minimum atomic E-state index is -0.346. The molecule has 2 aromatic rings. The number of benzene rings is 1. The zero-order chi connectivity index (χ0) is 13.6. The van der Waals surface area contributed by atoms with Gasteiger partial charge in [-0.1, -0.05) is 23.2 Å². The van der Waals surface area contributed by atoms with E-state index in [1.54, 1.807) is 0 Å². The number of rotatable bonds is 2. The van der Waals surface area contributed by atoms with E-state index in [-0.39, 0.29) is 5.82 Å². The smallest absolute Gasteiger partial charge is 0.136 e. The third-order valence-electron chi connectivity index (χ3n) is 3.23. The molecule has 1 aliphatic carbocycles. The van der Waals surface area contributed by atoms with Gasteiger partial charge >= 0.3 is 0 Å². The van der Waals surface area contributed by atoms with Gasteiger partial charge in [0.2, 0.25) is 0 Å². The SMILES string of the molecule is Cc1c(Cl)nc(C2CC2)nc1-c1cc(F)ccc1Cl. The van der Waals surface area contributed by atoms with Crippen molar-refractivity contribution in [2.75, 3.05) is 0 Å². The molecule has 0 bridgehead atoms. The van der Waals surface area contributed by atoms with Crippen LogP contribution in [0.1, 0.15) is 30.1 Å². The monoisotopic (exact) mass is 296 g/mol. The van der Waals surface area contributed by atoms with Crippen molar-refractivity contribution in [1.29, 1.82) is 0 Å². The first kappa shape index (κ1) is 12.8. The molecular formula is C14H11Cl2FN2. The summed E-state index contributed by atoms with van der Waals surface area (Å²) in [5.41, 5.74) is 1.90. The first-order valence-corrected chi connectivity index (χ1v) is 6.81. The van der Waals surface area contributed by atoms with Gasteiger partial charge in [0, 0.05) is 17.0 Å². The summed E-state index contributed by atoms with van der Waals surface area (Å²) in [6.45, 7) is 1.82. The summed E-state index contributed by atoms with van der Waals surface area (Å²) in [6.07, 6.45) is 2.16. The van der Waals surface area contributed by atoms with Crippen molar-refractivity contribution in [1.82, 2.24) is 9.97 Å². The van der Waals surface area contributed by atoms with E-state index in [0.717, 1.165) is 24.2 Å². The van der Waals surface area contributed by atoms with Crippen LogP contribution in [0.2, 0.25) is 10.2 Å². The molecule has 0 amide bonds. The van der Waals surface area contributed by atoms with Gasteiger partial charge in [0.1, 0.15) is 16.8 Å². The van der Waals surface area contributed by atoms with E-state index in [9.17, 15) is 4.39 Å². The zero-order valence-electron chi connectivity index (χ0n) is 10.3. The van der Waals surface area contributed by atoms with Gasteiger partial charge in [-0.05, 0) is 38.0 Å². The Morgan fingerprint density at radius 2 is 1.95 bits per heavy atom. The fourth-order valence-electron chi connectivity index (χ4n) is 1.97. The molecule has 1 heterocycles. The van der Waals surface area contributed by atoms with Gasteiger partial charge in [0.15, 0.2) is 0 Å². The predicted octanol–water partition coefficient (Wildman–Crippen LogP) is 4.78. The summed E-state index contributed by atoms with van der Waals surface area (Å²) in [7, 11) is 0. The Bertz CT molecular complexity index is 654. The molecule has 19 heavy (non-hydrogen) atoms. The molecule has 0 saturated heterocycles. The molecule has 0 unspecified atom stereocenters. The van der Waals surface area contributed by atoms with Crippen LogP contribution in [-0.4, -0.2) is 9.97 Å². The van der Waals surface area contributed by atoms with Crippen LogP contribution < -0.4 is 0 Å². The van der Waals surface area contributed by atoms with E-state index >= 15 is 0 Å². The van der Waals surface area contributed by atoms with Crippen LogP contribution >= 0.6 is 23.2 Å². The topological polar surface area (TPSA) is 25.8 Å². The van der Waals surface area contributed by atoms with E-state index in [2.05, 4.69) is 9.97 Å². The molecule has 0 atom stereocenters. The molecule has 3 rings (SSSR count). The second kappa shape index (κ2) is 4.73. The Morgan fingerprint density at radius 1 is 1.21 bits per heavy atom. The van der Waals surface area contributed by atoms with Gasteiger partial charge in [-0.25, -0.2) is 14.4 Å². The summed E-state index contributed by atoms with van der Waals surface area (Å²) in [6, 6.07) is 4.23. The van der Waals surface area contributed by atoms with E-state index in [1.807, 2.05) is 6.92 Å². The average Bonchev–Trinajstić information content (AvgIpc) is 3.20. The van der Waals surface area contributed by atoms with Gasteiger partial charge in [0.05, 0.1) is 10.7 Å². The highest BCUT2D eigenvalue weighted by Crippen LogP contribution is 2.40. The van der Waals surface area contributed by atoms with Crippen LogP contribution in [-0.2, 0) is 0 Å². The summed E-state index contributed by atoms with van der Waals surface area (Å²) in [5, 5.41) is 0.869. The molecule has 1 fully saturated rings. The Hall–Kier alpha value is -1.19. The van der Waals surface area contributed by atoms with Crippen LogP contribution in [0.4, 0.5) is 4.39 Å². The molecule has 1 aromatic heterocycles. The maximum absolute atomic E-state index is 13.4. The molecular weight excluding hydrogens is 286 g/mol. The predicted molar refractivity (Wildman–Crippen MR) is 74.2 cm³/mol. The molecule has 0 spiro atoms. The van der Waals surface area contributed by atoms with Crippen LogP contribution in [0, 0.1) is 12.7 Å². The normalized spacial score (nSPS) is 14.7. The van der Waals surface area contributed by atoms with Gasteiger partial charge in [-0.3, -0.25) is 0 Å². The van der Waals surface area contributed by atoms with Crippen molar-refractivity contribution in [2.24, 2.45) is 0 Å². The fraction of sp³-hybridized carbons (Fsp3) is 0.286. The van der Waals surface area contributed by atoms with Crippen LogP contribution in [0.3, 0.4) is 0 Å². The summed E-state index contributed by atoms with van der Waals surface area (Å²) >= 11 is 12.3. The number of hydrogen-bond acceptors (Lipinski definition) is 2. The third kappa shape index (κ3) is 2.45. The number of nitrogens with zero attached hydrogens (tertiary/aromatic N) is 2. The highest BCUT2D eigenvalue weighted by Gasteiger charge is 2.28. The summed E-state index contributed by atoms with van der Waals surface area (Å²) in [4.78, 5) is 8.81. The summed E-state index contributed by atoms with van der Waals surface area (Å²) in [5.74, 6) is 0.761. The van der Waals surface area contributed by atoms with E-state index < -0.39 is 0 Å². The van der Waals surface area contributed by atoms with E-state index in [1.165, 1.54) is 18.2 Å². The highest BCUT2D eigenvalue weighted by molar-refractivity contribution is 6.33. The van der Waals surface area contributed by atoms with Crippen molar-refractivity contribution in [2.45, 2.75) is 25.7 Å². The lowest BCUT2D eigenvalue weighted by molar-refractivity contribution is 0.628. The van der Waals surface area contributed by atoms with Crippen molar-refractivity contribution in [3.8, 4) is 11.3 Å². The fourth-order valence-corrected chi connectivity index (χ4v) is 2.35. The second-order valence-electron chi connectivity index (χ2n) is 4.74. The Kier molecular flexibility index (Phi) is 3.19. The number of aromatic nitrogens is 2. The molecule has 5 heteroatoms. The van der Waals surface area contributed by atoms with Crippen molar-refractivity contribution in [3.05, 3.63) is 45.6 Å². The molecule has 2 nitrogen and oxygen atoms in total. The molecule has 98 valence electrons.